The first kappa shape index (κ1) is 17.1. The van der Waals surface area contributed by atoms with Gasteiger partial charge in [0, 0.05) is 39.8 Å². The average Bonchev–Trinajstić information content (AvgIpc) is 2.46. The summed E-state index contributed by atoms with van der Waals surface area (Å²) in [6.07, 6.45) is 0.602. The number of methoxy groups -OCH3 is 1. The van der Waals surface area contributed by atoms with Crippen LogP contribution < -0.4 is 0 Å². The van der Waals surface area contributed by atoms with Gasteiger partial charge in [0.1, 0.15) is 0 Å². The fourth-order valence-electron chi connectivity index (χ4n) is 2.89. The summed E-state index contributed by atoms with van der Waals surface area (Å²) in [5.41, 5.74) is 0. The second kappa shape index (κ2) is 9.02. The number of ether oxygens (including phenoxy) is 4. The molecule has 0 N–H and O–H groups in total. The van der Waals surface area contributed by atoms with Crippen LogP contribution in [-0.4, -0.2) is 101 Å². The van der Waals surface area contributed by atoms with Gasteiger partial charge in [-0.3, -0.25) is 4.90 Å². The fraction of sp³-hybridized carbons (Fsp3) is 1.00. The molecule has 2 saturated heterocycles. The number of morpholine rings is 2. The van der Waals surface area contributed by atoms with E-state index in [1.165, 1.54) is 0 Å². The lowest BCUT2D eigenvalue weighted by atomic mass is 10.2. The Morgan fingerprint density at radius 2 is 1.81 bits per heavy atom. The van der Waals surface area contributed by atoms with Crippen molar-refractivity contribution >= 4 is 0 Å². The van der Waals surface area contributed by atoms with Crippen molar-refractivity contribution in [2.24, 2.45) is 0 Å². The lowest BCUT2D eigenvalue weighted by Crippen LogP contribution is -2.47. The van der Waals surface area contributed by atoms with Gasteiger partial charge in [0.25, 0.3) is 0 Å². The molecule has 0 amide bonds. The van der Waals surface area contributed by atoms with E-state index in [1.807, 2.05) is 0 Å². The van der Waals surface area contributed by atoms with E-state index < -0.39 is 0 Å². The second-order valence-corrected chi connectivity index (χ2v) is 6.11. The first-order chi connectivity index (χ1) is 10.2. The van der Waals surface area contributed by atoms with Gasteiger partial charge in [-0.25, -0.2) is 0 Å². The molecule has 2 rings (SSSR count). The number of nitrogens with zero attached hydrogens (tertiary/aromatic N) is 2. The molecule has 2 aliphatic rings. The number of hydrogen-bond donors (Lipinski definition) is 0. The van der Waals surface area contributed by atoms with Crippen molar-refractivity contribution in [1.82, 2.24) is 9.80 Å². The predicted octanol–water partition coefficient (Wildman–Crippen LogP) is 0.0693. The van der Waals surface area contributed by atoms with Gasteiger partial charge in [-0.15, -0.1) is 0 Å². The molecule has 6 nitrogen and oxygen atoms in total. The molecular weight excluding hydrogens is 272 g/mol. The third-order valence-corrected chi connectivity index (χ3v) is 4.00. The van der Waals surface area contributed by atoms with Crippen molar-refractivity contribution < 1.29 is 18.9 Å². The minimum atomic E-state index is 0.186. The SMILES string of the molecule is COCC1CN(CC(C)OCC2CN(C)CCO2)CCO1. The van der Waals surface area contributed by atoms with Gasteiger partial charge in [-0.2, -0.15) is 0 Å². The van der Waals surface area contributed by atoms with Gasteiger partial charge in [-0.05, 0) is 14.0 Å². The molecule has 21 heavy (non-hydrogen) atoms. The van der Waals surface area contributed by atoms with Crippen LogP contribution in [-0.2, 0) is 18.9 Å². The summed E-state index contributed by atoms with van der Waals surface area (Å²) in [4.78, 5) is 4.69. The highest BCUT2D eigenvalue weighted by molar-refractivity contribution is 4.74. The van der Waals surface area contributed by atoms with Crippen LogP contribution in [0.25, 0.3) is 0 Å². The Morgan fingerprint density at radius 1 is 1.10 bits per heavy atom. The molecule has 0 aromatic rings. The summed E-state index contributed by atoms with van der Waals surface area (Å²) < 4.78 is 22.5. The number of rotatable bonds is 7. The van der Waals surface area contributed by atoms with Crippen LogP contribution >= 0.6 is 0 Å². The summed E-state index contributed by atoms with van der Waals surface area (Å²) in [5, 5.41) is 0. The predicted molar refractivity (Wildman–Crippen MR) is 80.7 cm³/mol. The van der Waals surface area contributed by atoms with E-state index in [0.29, 0.717) is 13.2 Å². The highest BCUT2D eigenvalue weighted by atomic mass is 16.5. The Kier molecular flexibility index (Phi) is 7.36. The topological polar surface area (TPSA) is 43.4 Å². The fourth-order valence-corrected chi connectivity index (χ4v) is 2.89. The van der Waals surface area contributed by atoms with Crippen molar-refractivity contribution in [2.75, 3.05) is 73.3 Å². The van der Waals surface area contributed by atoms with Gasteiger partial charge in [0.05, 0.1) is 44.7 Å². The number of likely N-dealkylation sites (N-methyl/N-ethyl adjacent to an activating group) is 1. The molecule has 3 unspecified atom stereocenters. The van der Waals surface area contributed by atoms with Crippen LogP contribution in [0, 0.1) is 0 Å². The van der Waals surface area contributed by atoms with Crippen LogP contribution in [0.2, 0.25) is 0 Å². The van der Waals surface area contributed by atoms with Crippen molar-refractivity contribution in [3.8, 4) is 0 Å². The summed E-state index contributed by atoms with van der Waals surface area (Å²) in [5.74, 6) is 0. The maximum Gasteiger partial charge on any atom is 0.0935 e. The summed E-state index contributed by atoms with van der Waals surface area (Å²) >= 11 is 0. The molecule has 0 aromatic carbocycles. The van der Waals surface area contributed by atoms with Crippen LogP contribution in [0.15, 0.2) is 0 Å². The molecule has 124 valence electrons. The molecule has 0 aromatic heterocycles. The molecule has 0 spiro atoms. The van der Waals surface area contributed by atoms with Gasteiger partial charge < -0.3 is 23.8 Å². The second-order valence-electron chi connectivity index (χ2n) is 6.11. The Bertz CT molecular complexity index is 291. The largest absolute Gasteiger partial charge is 0.382 e. The highest BCUT2D eigenvalue weighted by Gasteiger charge is 2.23. The van der Waals surface area contributed by atoms with Gasteiger partial charge in [-0.1, -0.05) is 0 Å². The van der Waals surface area contributed by atoms with Gasteiger partial charge in [0.15, 0.2) is 0 Å². The summed E-state index contributed by atoms with van der Waals surface area (Å²) in [7, 11) is 3.85. The van der Waals surface area contributed by atoms with Crippen molar-refractivity contribution in [2.45, 2.75) is 25.2 Å². The molecule has 0 radical (unpaired) electrons. The van der Waals surface area contributed by atoms with E-state index in [2.05, 4.69) is 23.8 Å². The minimum Gasteiger partial charge on any atom is -0.382 e. The van der Waals surface area contributed by atoms with E-state index in [4.69, 9.17) is 18.9 Å². The van der Waals surface area contributed by atoms with Crippen LogP contribution in [0.5, 0.6) is 0 Å². The minimum absolute atomic E-state index is 0.186. The molecular formula is C15H30N2O4. The van der Waals surface area contributed by atoms with Crippen molar-refractivity contribution in [3.63, 3.8) is 0 Å². The van der Waals surface area contributed by atoms with Gasteiger partial charge in [0.2, 0.25) is 0 Å². The molecule has 0 bridgehead atoms. The maximum atomic E-state index is 5.96. The van der Waals surface area contributed by atoms with Crippen LogP contribution in [0.4, 0.5) is 0 Å². The summed E-state index contributed by atoms with van der Waals surface area (Å²) in [6.45, 7) is 9.85. The third-order valence-electron chi connectivity index (χ3n) is 4.00. The van der Waals surface area contributed by atoms with Crippen molar-refractivity contribution in [1.29, 1.82) is 0 Å². The van der Waals surface area contributed by atoms with Gasteiger partial charge >= 0.3 is 0 Å². The molecule has 6 heteroatoms. The summed E-state index contributed by atoms with van der Waals surface area (Å²) in [6, 6.07) is 0. The third kappa shape index (κ3) is 6.18. The maximum absolute atomic E-state index is 5.96. The van der Waals surface area contributed by atoms with E-state index in [1.54, 1.807) is 7.11 Å². The normalized spacial score (nSPS) is 30.4. The Balaban J connectivity index is 1.63. The first-order valence-corrected chi connectivity index (χ1v) is 7.92. The van der Waals surface area contributed by atoms with E-state index in [-0.39, 0.29) is 18.3 Å². The lowest BCUT2D eigenvalue weighted by Gasteiger charge is -2.35. The zero-order chi connectivity index (χ0) is 15.1. The average molecular weight is 302 g/mol. The van der Waals surface area contributed by atoms with Crippen LogP contribution in [0.1, 0.15) is 6.92 Å². The zero-order valence-corrected chi connectivity index (χ0v) is 13.6. The van der Waals surface area contributed by atoms with E-state index in [0.717, 1.165) is 45.9 Å². The lowest BCUT2D eigenvalue weighted by molar-refractivity contribution is -0.0953. The molecule has 0 aliphatic carbocycles. The molecule has 2 heterocycles. The van der Waals surface area contributed by atoms with Crippen LogP contribution in [0.3, 0.4) is 0 Å². The van der Waals surface area contributed by atoms with E-state index >= 15 is 0 Å². The first-order valence-electron chi connectivity index (χ1n) is 7.92. The quantitative estimate of drug-likeness (QED) is 0.663. The van der Waals surface area contributed by atoms with E-state index in [9.17, 15) is 0 Å². The number of hydrogen-bond acceptors (Lipinski definition) is 6. The van der Waals surface area contributed by atoms with Crippen molar-refractivity contribution in [3.05, 3.63) is 0 Å². The molecule has 2 aliphatic heterocycles. The smallest absolute Gasteiger partial charge is 0.0935 e. The Labute approximate surface area is 128 Å². The molecule has 3 atom stereocenters. The molecule has 0 saturated carbocycles. The highest BCUT2D eigenvalue weighted by Crippen LogP contribution is 2.09. The molecule has 2 fully saturated rings. The standard InChI is InChI=1S/C15H30N2O4/c1-13(21-12-14-9-16(2)4-6-19-14)8-17-5-7-20-15(10-17)11-18-3/h13-15H,4-12H2,1-3H3. The zero-order valence-electron chi connectivity index (χ0n) is 13.6. The Morgan fingerprint density at radius 3 is 2.52 bits per heavy atom. The monoisotopic (exact) mass is 302 g/mol. The Hall–Kier alpha value is -0.240.